The summed E-state index contributed by atoms with van der Waals surface area (Å²) >= 11 is 0. The molecular formula is C15H17N3O3. The van der Waals surface area contributed by atoms with Crippen molar-refractivity contribution < 1.29 is 14.7 Å². The van der Waals surface area contributed by atoms with Crippen LogP contribution in [0.15, 0.2) is 47.8 Å². The molecule has 1 heterocycles. The van der Waals surface area contributed by atoms with E-state index in [-0.39, 0.29) is 5.84 Å². The van der Waals surface area contributed by atoms with Gasteiger partial charge in [0.1, 0.15) is 0 Å². The highest BCUT2D eigenvalue weighted by atomic mass is 16.5. The molecule has 21 heavy (non-hydrogen) atoms. The molecule has 0 aliphatic heterocycles. The van der Waals surface area contributed by atoms with E-state index in [1.54, 1.807) is 12.1 Å². The number of aromatic nitrogens is 1. The molecule has 0 atom stereocenters. The average Bonchev–Trinajstić information content (AvgIpc) is 2.54. The van der Waals surface area contributed by atoms with E-state index in [1.165, 1.54) is 6.20 Å². The van der Waals surface area contributed by atoms with E-state index in [0.717, 1.165) is 6.42 Å². The number of amidine groups is 1. The summed E-state index contributed by atoms with van der Waals surface area (Å²) in [5, 5.41) is 11.5. The number of pyridine rings is 1. The van der Waals surface area contributed by atoms with Gasteiger partial charge >= 0.3 is 0 Å². The number of hydrogen-bond donors (Lipinski definition) is 2. The number of para-hydroxylation sites is 2. The number of oxime groups is 1. The maximum Gasteiger partial charge on any atom is 0.219 e. The van der Waals surface area contributed by atoms with Crippen LogP contribution in [-0.4, -0.2) is 22.6 Å². The minimum Gasteiger partial charge on any atom is -0.490 e. The van der Waals surface area contributed by atoms with Crippen molar-refractivity contribution in [2.45, 2.75) is 13.3 Å². The van der Waals surface area contributed by atoms with Crippen molar-refractivity contribution in [3.63, 3.8) is 0 Å². The number of nitrogens with zero attached hydrogens (tertiary/aromatic N) is 2. The minimum absolute atomic E-state index is 0.000675. The predicted molar refractivity (Wildman–Crippen MR) is 79.0 cm³/mol. The Labute approximate surface area is 122 Å². The van der Waals surface area contributed by atoms with Crippen LogP contribution in [0.3, 0.4) is 0 Å². The van der Waals surface area contributed by atoms with Gasteiger partial charge in [0.25, 0.3) is 0 Å². The molecule has 1 aromatic heterocycles. The van der Waals surface area contributed by atoms with Crippen LogP contribution >= 0.6 is 0 Å². The molecule has 0 saturated heterocycles. The summed E-state index contributed by atoms with van der Waals surface area (Å²) in [6.07, 6.45) is 2.39. The topological polar surface area (TPSA) is 90.0 Å². The van der Waals surface area contributed by atoms with Crippen LogP contribution in [0, 0.1) is 0 Å². The van der Waals surface area contributed by atoms with Gasteiger partial charge in [0.15, 0.2) is 17.3 Å². The third kappa shape index (κ3) is 3.85. The molecule has 1 aromatic carbocycles. The van der Waals surface area contributed by atoms with Crippen molar-refractivity contribution in [2.75, 3.05) is 6.61 Å². The number of nitrogens with two attached hydrogens (primary N) is 1. The van der Waals surface area contributed by atoms with Crippen LogP contribution in [0.2, 0.25) is 0 Å². The Morgan fingerprint density at radius 1 is 1.24 bits per heavy atom. The second-order valence-electron chi connectivity index (χ2n) is 4.27. The molecule has 0 bridgehead atoms. The third-order valence-corrected chi connectivity index (χ3v) is 2.67. The lowest BCUT2D eigenvalue weighted by molar-refractivity contribution is 0.301. The Morgan fingerprint density at radius 2 is 2.00 bits per heavy atom. The summed E-state index contributed by atoms with van der Waals surface area (Å²) in [5.74, 6) is 1.66. The summed E-state index contributed by atoms with van der Waals surface area (Å²) in [6, 6.07) is 10.7. The van der Waals surface area contributed by atoms with Crippen molar-refractivity contribution in [1.29, 1.82) is 0 Å². The van der Waals surface area contributed by atoms with Crippen LogP contribution < -0.4 is 15.2 Å². The summed E-state index contributed by atoms with van der Waals surface area (Å²) in [5.41, 5.74) is 5.99. The molecule has 0 spiro atoms. The molecule has 6 heteroatoms. The molecule has 2 aromatic rings. The fraction of sp³-hybridized carbons (Fsp3) is 0.200. The second kappa shape index (κ2) is 7.14. The van der Waals surface area contributed by atoms with Crippen molar-refractivity contribution in [1.82, 2.24) is 4.98 Å². The van der Waals surface area contributed by atoms with E-state index in [0.29, 0.717) is 29.5 Å². The Balaban J connectivity index is 2.14. The third-order valence-electron chi connectivity index (χ3n) is 2.67. The molecule has 6 nitrogen and oxygen atoms in total. The maximum atomic E-state index is 8.60. The Morgan fingerprint density at radius 3 is 2.62 bits per heavy atom. The highest BCUT2D eigenvalue weighted by molar-refractivity contribution is 5.96. The van der Waals surface area contributed by atoms with Crippen molar-refractivity contribution in [2.24, 2.45) is 10.9 Å². The predicted octanol–water partition coefficient (Wildman–Crippen LogP) is 2.76. The van der Waals surface area contributed by atoms with E-state index < -0.39 is 0 Å². The first-order valence-electron chi connectivity index (χ1n) is 6.58. The van der Waals surface area contributed by atoms with Crippen LogP contribution in [-0.2, 0) is 0 Å². The highest BCUT2D eigenvalue weighted by Crippen LogP contribution is 2.30. The summed E-state index contributed by atoms with van der Waals surface area (Å²) in [4.78, 5) is 4.11. The minimum atomic E-state index is 0.000675. The van der Waals surface area contributed by atoms with E-state index in [1.807, 2.05) is 31.2 Å². The van der Waals surface area contributed by atoms with Crippen molar-refractivity contribution in [3.05, 3.63) is 48.2 Å². The molecule has 3 N–H and O–H groups in total. The standard InChI is InChI=1S/C15H17N3O3/c1-2-9-20-12-5-3-4-6-13(12)21-14-8-7-11(10-17-14)15(16)18-19/h3-8,10,19H,2,9H2,1H3,(H2,16,18). The van der Waals surface area contributed by atoms with Gasteiger partial charge in [-0.3, -0.25) is 0 Å². The first-order valence-corrected chi connectivity index (χ1v) is 6.58. The molecule has 2 rings (SSSR count). The van der Waals surface area contributed by atoms with Crippen LogP contribution in [0.4, 0.5) is 0 Å². The van der Waals surface area contributed by atoms with Crippen LogP contribution in [0.5, 0.6) is 17.4 Å². The van der Waals surface area contributed by atoms with Gasteiger partial charge in [-0.15, -0.1) is 0 Å². The molecule has 0 aliphatic carbocycles. The summed E-state index contributed by atoms with van der Waals surface area (Å²) in [6.45, 7) is 2.66. The number of benzene rings is 1. The quantitative estimate of drug-likeness (QED) is 0.369. The summed E-state index contributed by atoms with van der Waals surface area (Å²) in [7, 11) is 0. The van der Waals surface area contributed by atoms with Gasteiger partial charge in [-0.25, -0.2) is 4.98 Å². The fourth-order valence-corrected chi connectivity index (χ4v) is 1.63. The van der Waals surface area contributed by atoms with Crippen molar-refractivity contribution >= 4 is 5.84 Å². The van der Waals surface area contributed by atoms with Gasteiger partial charge in [0.2, 0.25) is 5.88 Å². The van der Waals surface area contributed by atoms with Gasteiger partial charge in [-0.1, -0.05) is 24.2 Å². The van der Waals surface area contributed by atoms with E-state index in [2.05, 4.69) is 10.1 Å². The first kappa shape index (κ1) is 14.6. The maximum absolute atomic E-state index is 8.60. The first-order chi connectivity index (χ1) is 10.2. The number of rotatable bonds is 6. The Bertz CT molecular complexity index is 612. The molecule has 0 unspecified atom stereocenters. The fourth-order valence-electron chi connectivity index (χ4n) is 1.63. The highest BCUT2D eigenvalue weighted by Gasteiger charge is 2.07. The van der Waals surface area contributed by atoms with Crippen LogP contribution in [0.1, 0.15) is 18.9 Å². The SMILES string of the molecule is CCCOc1ccccc1Oc1ccc(/C(N)=N/O)cn1. The largest absolute Gasteiger partial charge is 0.490 e. The zero-order chi connectivity index (χ0) is 15.1. The summed E-state index contributed by atoms with van der Waals surface area (Å²) < 4.78 is 11.3. The van der Waals surface area contributed by atoms with Crippen LogP contribution in [0.25, 0.3) is 0 Å². The lowest BCUT2D eigenvalue weighted by Crippen LogP contribution is -2.13. The van der Waals surface area contributed by atoms with E-state index in [4.69, 9.17) is 20.4 Å². The molecule has 0 amide bonds. The zero-order valence-electron chi connectivity index (χ0n) is 11.7. The monoisotopic (exact) mass is 287 g/mol. The lowest BCUT2D eigenvalue weighted by atomic mass is 10.2. The Kier molecular flexibility index (Phi) is 4.98. The van der Waals surface area contributed by atoms with E-state index >= 15 is 0 Å². The molecular weight excluding hydrogens is 270 g/mol. The smallest absolute Gasteiger partial charge is 0.219 e. The van der Waals surface area contributed by atoms with Gasteiger partial charge in [-0.2, -0.15) is 0 Å². The molecule has 0 radical (unpaired) electrons. The second-order valence-corrected chi connectivity index (χ2v) is 4.27. The molecule has 0 fully saturated rings. The van der Waals surface area contributed by atoms with Crippen molar-refractivity contribution in [3.8, 4) is 17.4 Å². The number of hydrogen-bond acceptors (Lipinski definition) is 5. The van der Waals surface area contributed by atoms with Gasteiger partial charge in [0.05, 0.1) is 6.61 Å². The zero-order valence-corrected chi connectivity index (χ0v) is 11.7. The molecule has 0 aliphatic rings. The van der Waals surface area contributed by atoms with Gasteiger partial charge in [-0.05, 0) is 24.6 Å². The lowest BCUT2D eigenvalue weighted by Gasteiger charge is -2.11. The molecule has 110 valence electrons. The van der Waals surface area contributed by atoms with Gasteiger partial charge in [0, 0.05) is 17.8 Å². The van der Waals surface area contributed by atoms with Gasteiger partial charge < -0.3 is 20.4 Å². The average molecular weight is 287 g/mol. The normalized spacial score (nSPS) is 11.2. The Hall–Kier alpha value is -2.76. The number of ether oxygens (including phenoxy) is 2. The molecule has 0 saturated carbocycles. The van der Waals surface area contributed by atoms with E-state index in [9.17, 15) is 0 Å².